The van der Waals surface area contributed by atoms with Crippen molar-refractivity contribution < 1.29 is 4.79 Å². The molecule has 0 fully saturated rings. The average molecular weight is 339 g/mol. The van der Waals surface area contributed by atoms with Crippen molar-refractivity contribution in [2.24, 2.45) is 0 Å². The number of carbonyl (C=O) groups is 1. The molecule has 0 radical (unpaired) electrons. The average Bonchev–Trinajstić information content (AvgIpc) is 2.97. The van der Waals surface area contributed by atoms with Gasteiger partial charge in [0.2, 0.25) is 5.91 Å². The van der Waals surface area contributed by atoms with Crippen molar-refractivity contribution in [2.75, 3.05) is 7.05 Å². The lowest BCUT2D eigenvalue weighted by molar-refractivity contribution is -0.132. The van der Waals surface area contributed by atoms with Crippen molar-refractivity contribution in [1.29, 1.82) is 0 Å². The Hall–Kier alpha value is -1.47. The van der Waals surface area contributed by atoms with Crippen molar-refractivity contribution in [2.45, 2.75) is 46.7 Å². The van der Waals surface area contributed by atoms with Gasteiger partial charge in [0.1, 0.15) is 0 Å². The summed E-state index contributed by atoms with van der Waals surface area (Å²) in [7, 11) is 1.81. The molecule has 7 heteroatoms. The van der Waals surface area contributed by atoms with Gasteiger partial charge in [-0.05, 0) is 27.7 Å². The number of rotatable bonds is 5. The molecule has 0 spiro atoms. The Balaban J connectivity index is 2.03. The lowest BCUT2D eigenvalue weighted by Gasteiger charge is -2.24. The summed E-state index contributed by atoms with van der Waals surface area (Å²) in [6.07, 6.45) is 0.329. The Kier molecular flexibility index (Phi) is 5.18. The molecular weight excluding hydrogens is 318 g/mol. The fourth-order valence-corrected chi connectivity index (χ4v) is 4.17. The molecule has 1 amide bonds. The first-order valence-corrected chi connectivity index (χ1v) is 8.85. The molecule has 120 valence electrons. The molecule has 5 nitrogen and oxygen atoms in total. The molecular formula is C15H21N3O2S2. The first-order chi connectivity index (χ1) is 10.3. The summed E-state index contributed by atoms with van der Waals surface area (Å²) in [5.74, 6) is 0.0375. The molecule has 0 N–H and O–H groups in total. The first kappa shape index (κ1) is 16.9. The second kappa shape index (κ2) is 6.75. The monoisotopic (exact) mass is 339 g/mol. The van der Waals surface area contributed by atoms with Crippen LogP contribution in [0.2, 0.25) is 0 Å². The molecule has 0 aliphatic rings. The Bertz CT molecular complexity index is 729. The van der Waals surface area contributed by atoms with Crippen LogP contribution in [0, 0.1) is 20.8 Å². The molecule has 1 atom stereocenters. The molecule has 0 aliphatic heterocycles. The minimum absolute atomic E-state index is 0.000932. The Morgan fingerprint density at radius 1 is 1.41 bits per heavy atom. The van der Waals surface area contributed by atoms with Gasteiger partial charge in [-0.1, -0.05) is 11.3 Å². The third-order valence-electron chi connectivity index (χ3n) is 3.82. The van der Waals surface area contributed by atoms with E-state index in [-0.39, 0.29) is 16.8 Å². The van der Waals surface area contributed by atoms with Crippen LogP contribution < -0.4 is 4.87 Å². The number of hydrogen-bond acceptors (Lipinski definition) is 5. The number of aromatic nitrogens is 2. The lowest BCUT2D eigenvalue weighted by Crippen LogP contribution is -2.31. The Labute approximate surface area is 138 Å². The molecule has 0 aliphatic carbocycles. The molecule has 0 saturated carbocycles. The van der Waals surface area contributed by atoms with Gasteiger partial charge in [-0.15, -0.1) is 11.3 Å². The van der Waals surface area contributed by atoms with Crippen molar-refractivity contribution in [3.05, 3.63) is 36.3 Å². The molecule has 2 heterocycles. The Morgan fingerprint density at radius 3 is 2.59 bits per heavy atom. The van der Waals surface area contributed by atoms with Crippen LogP contribution in [0.15, 0.2) is 10.2 Å². The fourth-order valence-electron chi connectivity index (χ4n) is 2.38. The maximum absolute atomic E-state index is 12.4. The van der Waals surface area contributed by atoms with E-state index in [1.165, 1.54) is 11.3 Å². The zero-order valence-electron chi connectivity index (χ0n) is 13.5. The van der Waals surface area contributed by atoms with Crippen molar-refractivity contribution in [3.63, 3.8) is 0 Å². The van der Waals surface area contributed by atoms with Crippen LogP contribution in [0.4, 0.5) is 0 Å². The summed E-state index contributed by atoms with van der Waals surface area (Å²) in [6.45, 7) is 8.28. The zero-order chi connectivity index (χ0) is 16.4. The third-order valence-corrected chi connectivity index (χ3v) is 5.94. The van der Waals surface area contributed by atoms with Gasteiger partial charge < -0.3 is 9.47 Å². The summed E-state index contributed by atoms with van der Waals surface area (Å²) in [4.78, 5) is 31.3. The van der Waals surface area contributed by atoms with Gasteiger partial charge in [0.05, 0.1) is 16.7 Å². The molecule has 0 aromatic carbocycles. The number of nitrogens with zero attached hydrogens (tertiary/aromatic N) is 3. The van der Waals surface area contributed by atoms with E-state index >= 15 is 0 Å². The van der Waals surface area contributed by atoms with E-state index in [0.29, 0.717) is 13.0 Å². The summed E-state index contributed by atoms with van der Waals surface area (Å²) in [5.41, 5.74) is 1.90. The highest BCUT2D eigenvalue weighted by Gasteiger charge is 2.21. The molecule has 2 rings (SSSR count). The van der Waals surface area contributed by atoms with Gasteiger partial charge >= 0.3 is 4.87 Å². The summed E-state index contributed by atoms with van der Waals surface area (Å²) in [5, 5.41) is 2.84. The van der Waals surface area contributed by atoms with E-state index in [0.717, 1.165) is 21.3 Å². The number of amides is 1. The minimum Gasteiger partial charge on any atom is -0.338 e. The van der Waals surface area contributed by atoms with Crippen LogP contribution in [0.1, 0.15) is 40.7 Å². The maximum atomic E-state index is 12.4. The molecule has 22 heavy (non-hydrogen) atoms. The van der Waals surface area contributed by atoms with Gasteiger partial charge in [-0.2, -0.15) is 0 Å². The highest BCUT2D eigenvalue weighted by atomic mass is 32.1. The molecule has 0 saturated heterocycles. The van der Waals surface area contributed by atoms with E-state index in [4.69, 9.17) is 0 Å². The second-order valence-electron chi connectivity index (χ2n) is 5.41. The quantitative estimate of drug-likeness (QED) is 0.841. The summed E-state index contributed by atoms with van der Waals surface area (Å²) >= 11 is 2.81. The van der Waals surface area contributed by atoms with E-state index in [1.807, 2.05) is 40.1 Å². The van der Waals surface area contributed by atoms with Gasteiger partial charge in [-0.25, -0.2) is 4.98 Å². The van der Waals surface area contributed by atoms with Crippen LogP contribution in [-0.2, 0) is 11.3 Å². The highest BCUT2D eigenvalue weighted by molar-refractivity contribution is 7.11. The van der Waals surface area contributed by atoms with Crippen LogP contribution in [0.25, 0.3) is 0 Å². The van der Waals surface area contributed by atoms with Crippen molar-refractivity contribution >= 4 is 28.6 Å². The lowest BCUT2D eigenvalue weighted by atomic mass is 10.2. The fraction of sp³-hybridized carbons (Fsp3) is 0.533. The van der Waals surface area contributed by atoms with Gasteiger partial charge in [0.15, 0.2) is 0 Å². The van der Waals surface area contributed by atoms with Gasteiger partial charge in [0.25, 0.3) is 0 Å². The van der Waals surface area contributed by atoms with Crippen molar-refractivity contribution in [1.82, 2.24) is 14.5 Å². The number of hydrogen-bond donors (Lipinski definition) is 0. The van der Waals surface area contributed by atoms with Crippen LogP contribution in [-0.4, -0.2) is 27.4 Å². The SMILES string of the molecule is Cc1nc(C)c(C(C)N(C)C(=O)CCn2c(C)csc2=O)s1. The predicted molar refractivity (Wildman–Crippen MR) is 90.7 cm³/mol. The topological polar surface area (TPSA) is 55.2 Å². The third kappa shape index (κ3) is 3.47. The molecule has 0 bridgehead atoms. The molecule has 2 aromatic rings. The highest BCUT2D eigenvalue weighted by Crippen LogP contribution is 2.28. The van der Waals surface area contributed by atoms with E-state index in [1.54, 1.807) is 20.8 Å². The van der Waals surface area contributed by atoms with E-state index in [2.05, 4.69) is 4.98 Å². The zero-order valence-corrected chi connectivity index (χ0v) is 15.2. The second-order valence-corrected chi connectivity index (χ2v) is 7.46. The first-order valence-electron chi connectivity index (χ1n) is 7.15. The molecule has 1 unspecified atom stereocenters. The summed E-state index contributed by atoms with van der Waals surface area (Å²) < 4.78 is 1.66. The number of thiazole rings is 2. The van der Waals surface area contributed by atoms with Crippen molar-refractivity contribution in [3.8, 4) is 0 Å². The van der Waals surface area contributed by atoms with E-state index in [9.17, 15) is 9.59 Å². The van der Waals surface area contributed by atoms with E-state index < -0.39 is 0 Å². The maximum Gasteiger partial charge on any atom is 0.307 e. The van der Waals surface area contributed by atoms with Crippen LogP contribution in [0.3, 0.4) is 0 Å². The summed E-state index contributed by atoms with van der Waals surface area (Å²) in [6, 6.07) is -0.000932. The normalized spacial score (nSPS) is 12.4. The molecule has 2 aromatic heterocycles. The van der Waals surface area contributed by atoms with Crippen LogP contribution >= 0.6 is 22.7 Å². The van der Waals surface area contributed by atoms with Gasteiger partial charge in [-0.3, -0.25) is 9.59 Å². The largest absolute Gasteiger partial charge is 0.338 e. The van der Waals surface area contributed by atoms with Crippen LogP contribution in [0.5, 0.6) is 0 Å². The predicted octanol–water partition coefficient (Wildman–Crippen LogP) is 2.90. The standard InChI is InChI=1S/C15H21N3O2S2/c1-9-8-21-15(20)18(9)7-6-13(19)17(5)11(3)14-10(2)16-12(4)22-14/h8,11H,6-7H2,1-5H3. The minimum atomic E-state index is -0.00470. The van der Waals surface area contributed by atoms with Gasteiger partial charge in [0, 0.05) is 36.0 Å². The number of carbonyl (C=O) groups excluding carboxylic acids is 1. The Morgan fingerprint density at radius 2 is 2.09 bits per heavy atom. The smallest absolute Gasteiger partial charge is 0.307 e. The number of aryl methyl sites for hydroxylation is 3.